The summed E-state index contributed by atoms with van der Waals surface area (Å²) in [5.74, 6) is -1.05. The van der Waals surface area contributed by atoms with E-state index in [1.807, 2.05) is 30.5 Å². The van der Waals surface area contributed by atoms with Crippen LogP contribution in [-0.2, 0) is 4.79 Å². The molecule has 1 saturated heterocycles. The van der Waals surface area contributed by atoms with Gasteiger partial charge in [-0.15, -0.1) is 11.8 Å². The molecule has 1 atom stereocenters. The molecular formula is C19H19FN2O3S. The summed E-state index contributed by atoms with van der Waals surface area (Å²) < 4.78 is 14.5. The number of amides is 2. The minimum atomic E-state index is -1.13. The molecule has 1 heterocycles. The van der Waals surface area contributed by atoms with Gasteiger partial charge in [0.05, 0.1) is 5.69 Å². The van der Waals surface area contributed by atoms with Crippen molar-refractivity contribution in [3.05, 3.63) is 48.3 Å². The van der Waals surface area contributed by atoms with Crippen molar-refractivity contribution in [2.75, 3.05) is 18.1 Å². The first kappa shape index (κ1) is 18.3. The maximum absolute atomic E-state index is 14.5. The summed E-state index contributed by atoms with van der Waals surface area (Å²) in [6, 6.07) is 11.6. The van der Waals surface area contributed by atoms with Crippen molar-refractivity contribution in [2.24, 2.45) is 0 Å². The Labute approximate surface area is 155 Å². The van der Waals surface area contributed by atoms with Crippen molar-refractivity contribution in [2.45, 2.75) is 23.8 Å². The minimum Gasteiger partial charge on any atom is -0.465 e. The minimum absolute atomic E-state index is 0.0534. The lowest BCUT2D eigenvalue weighted by atomic mass is 10.0. The lowest BCUT2D eigenvalue weighted by Crippen LogP contribution is -2.42. The van der Waals surface area contributed by atoms with Crippen LogP contribution < -0.4 is 5.32 Å². The number of hydrogen-bond acceptors (Lipinski definition) is 3. The summed E-state index contributed by atoms with van der Waals surface area (Å²) in [7, 11) is 0. The van der Waals surface area contributed by atoms with Crippen LogP contribution in [0.3, 0.4) is 0 Å². The molecule has 1 unspecified atom stereocenters. The Hall–Kier alpha value is -2.54. The molecule has 1 aliphatic rings. The Bertz CT molecular complexity index is 843. The van der Waals surface area contributed by atoms with Gasteiger partial charge >= 0.3 is 6.09 Å². The van der Waals surface area contributed by atoms with Crippen LogP contribution in [0.5, 0.6) is 0 Å². The predicted octanol–water partition coefficient (Wildman–Crippen LogP) is 4.30. The van der Waals surface area contributed by atoms with Gasteiger partial charge in [0.15, 0.2) is 0 Å². The van der Waals surface area contributed by atoms with Crippen molar-refractivity contribution >= 4 is 29.4 Å². The van der Waals surface area contributed by atoms with Gasteiger partial charge in [0.25, 0.3) is 0 Å². The second-order valence-corrected chi connectivity index (χ2v) is 6.87. The highest BCUT2D eigenvalue weighted by atomic mass is 32.2. The average molecular weight is 374 g/mol. The smallest absolute Gasteiger partial charge is 0.407 e. The Morgan fingerprint density at radius 1 is 1.27 bits per heavy atom. The average Bonchev–Trinajstić information content (AvgIpc) is 3.13. The largest absolute Gasteiger partial charge is 0.465 e. The first-order valence-electron chi connectivity index (χ1n) is 8.24. The zero-order valence-corrected chi connectivity index (χ0v) is 15.1. The van der Waals surface area contributed by atoms with E-state index < -0.39 is 23.9 Å². The third kappa shape index (κ3) is 3.67. The molecule has 5 nitrogen and oxygen atoms in total. The number of nitrogens with one attached hydrogen (secondary N) is 1. The van der Waals surface area contributed by atoms with Gasteiger partial charge in [-0.25, -0.2) is 9.18 Å². The number of benzene rings is 2. The fourth-order valence-electron chi connectivity index (χ4n) is 3.15. The van der Waals surface area contributed by atoms with E-state index in [1.165, 1.54) is 12.1 Å². The summed E-state index contributed by atoms with van der Waals surface area (Å²) in [4.78, 5) is 25.6. The number of rotatable bonds is 4. The van der Waals surface area contributed by atoms with E-state index in [0.29, 0.717) is 19.4 Å². The molecule has 2 amide bonds. The third-order valence-corrected chi connectivity index (χ3v) is 5.24. The van der Waals surface area contributed by atoms with E-state index in [2.05, 4.69) is 5.32 Å². The lowest BCUT2D eigenvalue weighted by molar-refractivity contribution is -0.119. The fourth-order valence-corrected chi connectivity index (χ4v) is 3.77. The highest BCUT2D eigenvalue weighted by Gasteiger charge is 2.34. The van der Waals surface area contributed by atoms with Gasteiger partial charge in [-0.3, -0.25) is 9.69 Å². The molecule has 0 radical (unpaired) electrons. The number of halogens is 1. The van der Waals surface area contributed by atoms with Crippen LogP contribution in [0.1, 0.15) is 12.8 Å². The van der Waals surface area contributed by atoms with Crippen LogP contribution in [0.15, 0.2) is 47.4 Å². The van der Waals surface area contributed by atoms with Crippen molar-refractivity contribution in [3.8, 4) is 11.1 Å². The molecule has 1 fully saturated rings. The second kappa shape index (κ2) is 7.78. The summed E-state index contributed by atoms with van der Waals surface area (Å²) >= 11 is 1.58. The van der Waals surface area contributed by atoms with Gasteiger partial charge in [0.1, 0.15) is 11.9 Å². The normalized spacial score (nSPS) is 16.5. The number of thioether (sulfide) groups is 1. The summed E-state index contributed by atoms with van der Waals surface area (Å²) in [5.41, 5.74) is 1.70. The number of carboxylic acid groups (broad SMARTS) is 1. The van der Waals surface area contributed by atoms with E-state index in [1.54, 1.807) is 17.8 Å². The van der Waals surface area contributed by atoms with Gasteiger partial charge < -0.3 is 10.4 Å². The molecular weight excluding hydrogens is 355 g/mol. The quantitative estimate of drug-likeness (QED) is 0.783. The molecule has 0 bridgehead atoms. The van der Waals surface area contributed by atoms with Crippen molar-refractivity contribution in [1.29, 1.82) is 0 Å². The molecule has 0 saturated carbocycles. The molecule has 2 aromatic carbocycles. The molecule has 0 aliphatic carbocycles. The van der Waals surface area contributed by atoms with Crippen LogP contribution in [-0.4, -0.2) is 40.8 Å². The second-order valence-electron chi connectivity index (χ2n) is 6.02. The molecule has 2 aromatic rings. The Morgan fingerprint density at radius 3 is 2.73 bits per heavy atom. The van der Waals surface area contributed by atoms with Gasteiger partial charge in [-0.05, 0) is 48.4 Å². The standard InChI is InChI=1S/C19H19FN2O3S/c1-26-17-7-3-2-5-13(17)12-8-9-15(14(20)11-12)21-18(23)16-6-4-10-22(16)19(24)25/h2-3,5,7-9,11,16H,4,6,10H2,1H3,(H,21,23)(H,24,25). The van der Waals surface area contributed by atoms with E-state index in [4.69, 9.17) is 5.11 Å². The maximum atomic E-state index is 14.5. The molecule has 1 aliphatic heterocycles. The molecule has 0 spiro atoms. The van der Waals surface area contributed by atoms with Gasteiger partial charge in [0, 0.05) is 11.4 Å². The monoisotopic (exact) mass is 374 g/mol. The van der Waals surface area contributed by atoms with Gasteiger partial charge in [-0.2, -0.15) is 0 Å². The van der Waals surface area contributed by atoms with Crippen molar-refractivity contribution in [1.82, 2.24) is 4.90 Å². The Morgan fingerprint density at radius 2 is 2.04 bits per heavy atom. The van der Waals surface area contributed by atoms with Gasteiger partial charge in [-0.1, -0.05) is 24.3 Å². The Kier molecular flexibility index (Phi) is 5.46. The zero-order valence-electron chi connectivity index (χ0n) is 14.2. The zero-order chi connectivity index (χ0) is 18.7. The number of nitrogens with zero attached hydrogens (tertiary/aromatic N) is 1. The number of likely N-dealkylation sites (tertiary alicyclic amines) is 1. The van der Waals surface area contributed by atoms with E-state index >= 15 is 0 Å². The summed E-state index contributed by atoms with van der Waals surface area (Å²) in [5, 5.41) is 11.7. The fraction of sp³-hybridized carbons (Fsp3) is 0.263. The highest BCUT2D eigenvalue weighted by Crippen LogP contribution is 2.32. The molecule has 0 aromatic heterocycles. The van der Waals surface area contributed by atoms with E-state index in [9.17, 15) is 14.0 Å². The summed E-state index contributed by atoms with van der Waals surface area (Å²) in [6.45, 7) is 0.320. The first-order chi connectivity index (χ1) is 12.5. The highest BCUT2D eigenvalue weighted by molar-refractivity contribution is 7.98. The molecule has 26 heavy (non-hydrogen) atoms. The Balaban J connectivity index is 1.80. The number of carbonyl (C=O) groups excluding carboxylic acids is 1. The molecule has 136 valence electrons. The van der Waals surface area contributed by atoms with Crippen molar-refractivity contribution < 1.29 is 19.1 Å². The lowest BCUT2D eigenvalue weighted by Gasteiger charge is -2.21. The van der Waals surface area contributed by atoms with Crippen LogP contribution in [0.2, 0.25) is 0 Å². The molecule has 7 heteroatoms. The van der Waals surface area contributed by atoms with Gasteiger partial charge in [0.2, 0.25) is 5.91 Å². The topological polar surface area (TPSA) is 69.6 Å². The molecule has 3 rings (SSSR count). The van der Waals surface area contributed by atoms with Crippen LogP contribution in [0, 0.1) is 5.82 Å². The first-order valence-corrected chi connectivity index (χ1v) is 9.47. The van der Waals surface area contributed by atoms with Crippen LogP contribution >= 0.6 is 11.8 Å². The number of hydrogen-bond donors (Lipinski definition) is 2. The molecule has 2 N–H and O–H groups in total. The SMILES string of the molecule is CSc1ccccc1-c1ccc(NC(=O)C2CCCN2C(=O)O)c(F)c1. The number of anilines is 1. The van der Waals surface area contributed by atoms with Crippen molar-refractivity contribution in [3.63, 3.8) is 0 Å². The maximum Gasteiger partial charge on any atom is 0.407 e. The third-order valence-electron chi connectivity index (χ3n) is 4.45. The van der Waals surface area contributed by atoms with Crippen LogP contribution in [0.25, 0.3) is 11.1 Å². The van der Waals surface area contributed by atoms with E-state index in [0.717, 1.165) is 20.9 Å². The number of carbonyl (C=O) groups is 2. The van der Waals surface area contributed by atoms with E-state index in [-0.39, 0.29) is 5.69 Å². The van der Waals surface area contributed by atoms with Crippen LogP contribution in [0.4, 0.5) is 14.9 Å². The predicted molar refractivity (Wildman–Crippen MR) is 100.0 cm³/mol. The summed E-state index contributed by atoms with van der Waals surface area (Å²) in [6.07, 6.45) is 1.89.